The molecular weight excluding hydrogens is 285 g/mol. The summed E-state index contributed by atoms with van der Waals surface area (Å²) in [6.45, 7) is 3.02. The number of aromatic nitrogens is 2. The average Bonchev–Trinajstić information content (AvgIpc) is 2.46. The fraction of sp³-hybridized carbons (Fsp3) is 0.500. The number of carbonyl (C=O) groups is 1. The first-order chi connectivity index (χ1) is 9.54. The van der Waals surface area contributed by atoms with Crippen LogP contribution in [-0.2, 0) is 4.79 Å². The molecule has 0 bridgehead atoms. The maximum Gasteiger partial charge on any atom is 0.273 e. The second-order valence-corrected chi connectivity index (χ2v) is 4.85. The molecule has 1 aromatic rings. The van der Waals surface area contributed by atoms with Gasteiger partial charge in [0.05, 0.1) is 0 Å². The Labute approximate surface area is 120 Å². The molecule has 20 heavy (non-hydrogen) atoms. The standard InChI is InChI=1S/C12H13ClFN5O/c1-8-7-18(4-5-19(8)12(20)10(13)14)11-9(6-15)16-2-3-17-11/h2-3,8,10H,4-5,7H2,1H3. The zero-order chi connectivity index (χ0) is 14.7. The van der Waals surface area contributed by atoms with E-state index in [0.717, 1.165) is 0 Å². The average molecular weight is 298 g/mol. The lowest BCUT2D eigenvalue weighted by atomic mass is 10.2. The maximum atomic E-state index is 12.9. The highest BCUT2D eigenvalue weighted by Gasteiger charge is 2.32. The molecule has 1 aliphatic heterocycles. The number of hydrogen-bond donors (Lipinski definition) is 0. The van der Waals surface area contributed by atoms with E-state index in [1.807, 2.05) is 11.0 Å². The van der Waals surface area contributed by atoms with Crippen LogP contribution in [0.4, 0.5) is 10.2 Å². The molecule has 2 unspecified atom stereocenters. The first-order valence-electron chi connectivity index (χ1n) is 6.09. The number of anilines is 1. The largest absolute Gasteiger partial charge is 0.350 e. The van der Waals surface area contributed by atoms with Crippen molar-refractivity contribution in [1.82, 2.24) is 14.9 Å². The van der Waals surface area contributed by atoms with Crippen molar-refractivity contribution >= 4 is 23.3 Å². The predicted molar refractivity (Wildman–Crippen MR) is 70.9 cm³/mol. The molecule has 0 N–H and O–H groups in total. The molecule has 1 fully saturated rings. The molecule has 1 aliphatic rings. The summed E-state index contributed by atoms with van der Waals surface area (Å²) in [5.41, 5.74) is -1.78. The van der Waals surface area contributed by atoms with Gasteiger partial charge in [0.1, 0.15) is 6.07 Å². The van der Waals surface area contributed by atoms with E-state index in [9.17, 15) is 9.18 Å². The van der Waals surface area contributed by atoms with Crippen LogP contribution in [-0.4, -0.2) is 52.1 Å². The molecule has 1 aromatic heterocycles. The third kappa shape index (κ3) is 2.80. The lowest BCUT2D eigenvalue weighted by molar-refractivity contribution is -0.136. The Hall–Kier alpha value is -1.94. The summed E-state index contributed by atoms with van der Waals surface area (Å²) < 4.78 is 12.9. The lowest BCUT2D eigenvalue weighted by Gasteiger charge is -2.40. The Balaban J connectivity index is 2.13. The van der Waals surface area contributed by atoms with E-state index in [4.69, 9.17) is 16.9 Å². The van der Waals surface area contributed by atoms with E-state index in [2.05, 4.69) is 9.97 Å². The zero-order valence-corrected chi connectivity index (χ0v) is 11.6. The third-order valence-electron chi connectivity index (χ3n) is 3.18. The van der Waals surface area contributed by atoms with Crippen LogP contribution in [0.5, 0.6) is 0 Å². The Morgan fingerprint density at radius 2 is 2.25 bits per heavy atom. The summed E-state index contributed by atoms with van der Waals surface area (Å²) in [4.78, 5) is 23.0. The van der Waals surface area contributed by atoms with Gasteiger partial charge in [0.25, 0.3) is 11.5 Å². The Bertz CT molecular complexity index is 547. The summed E-state index contributed by atoms with van der Waals surface area (Å²) in [7, 11) is 0. The molecular formula is C12H13ClFN5O. The number of nitriles is 1. The first-order valence-corrected chi connectivity index (χ1v) is 6.53. The molecule has 0 aromatic carbocycles. The number of alkyl halides is 2. The number of carbonyl (C=O) groups excluding carboxylic acids is 1. The monoisotopic (exact) mass is 297 g/mol. The fourth-order valence-electron chi connectivity index (χ4n) is 2.24. The molecule has 0 saturated carbocycles. The fourth-order valence-corrected chi connectivity index (χ4v) is 2.37. The topological polar surface area (TPSA) is 73.1 Å². The molecule has 106 valence electrons. The molecule has 8 heteroatoms. The minimum atomic E-state index is -2.02. The molecule has 0 radical (unpaired) electrons. The van der Waals surface area contributed by atoms with Crippen molar-refractivity contribution in [3.8, 4) is 6.07 Å². The number of amides is 1. The van der Waals surface area contributed by atoms with Crippen LogP contribution in [0.1, 0.15) is 12.6 Å². The highest BCUT2D eigenvalue weighted by molar-refractivity contribution is 6.29. The van der Waals surface area contributed by atoms with Gasteiger partial charge in [-0.2, -0.15) is 5.26 Å². The number of nitrogens with zero attached hydrogens (tertiary/aromatic N) is 5. The molecule has 6 nitrogen and oxygen atoms in total. The van der Waals surface area contributed by atoms with Crippen LogP contribution >= 0.6 is 11.6 Å². The van der Waals surface area contributed by atoms with Crippen molar-refractivity contribution in [1.29, 1.82) is 5.26 Å². The van der Waals surface area contributed by atoms with Crippen molar-refractivity contribution in [2.24, 2.45) is 0 Å². The summed E-state index contributed by atoms with van der Waals surface area (Å²) in [5, 5.41) is 9.02. The highest BCUT2D eigenvalue weighted by Crippen LogP contribution is 2.20. The zero-order valence-electron chi connectivity index (χ0n) is 10.8. The van der Waals surface area contributed by atoms with Crippen LogP contribution in [0, 0.1) is 11.3 Å². The van der Waals surface area contributed by atoms with Crippen LogP contribution in [0.25, 0.3) is 0 Å². The van der Waals surface area contributed by atoms with Crippen LogP contribution in [0.15, 0.2) is 12.4 Å². The van der Waals surface area contributed by atoms with Crippen LogP contribution in [0.3, 0.4) is 0 Å². The second-order valence-electron chi connectivity index (χ2n) is 4.47. The van der Waals surface area contributed by atoms with E-state index in [1.165, 1.54) is 17.3 Å². The molecule has 2 heterocycles. The first kappa shape index (κ1) is 14.5. The normalized spacial score (nSPS) is 20.4. The van der Waals surface area contributed by atoms with Gasteiger partial charge in [0, 0.05) is 38.1 Å². The van der Waals surface area contributed by atoms with Crippen LogP contribution in [0.2, 0.25) is 0 Å². The van der Waals surface area contributed by atoms with E-state index >= 15 is 0 Å². The Morgan fingerprint density at radius 3 is 2.85 bits per heavy atom. The van der Waals surface area contributed by atoms with Gasteiger partial charge in [-0.1, -0.05) is 11.6 Å². The molecule has 1 amide bonds. The SMILES string of the molecule is CC1CN(c2nccnc2C#N)CCN1C(=O)C(F)Cl. The molecule has 0 spiro atoms. The number of hydrogen-bond acceptors (Lipinski definition) is 5. The van der Waals surface area contributed by atoms with Crippen molar-refractivity contribution in [3.05, 3.63) is 18.1 Å². The Kier molecular flexibility index (Phi) is 4.35. The smallest absolute Gasteiger partial charge is 0.273 e. The lowest BCUT2D eigenvalue weighted by Crippen LogP contribution is -2.55. The number of rotatable bonds is 2. The minimum Gasteiger partial charge on any atom is -0.350 e. The number of piperazine rings is 1. The summed E-state index contributed by atoms with van der Waals surface area (Å²) >= 11 is 5.19. The predicted octanol–water partition coefficient (Wildman–Crippen LogP) is 0.920. The maximum absolute atomic E-state index is 12.9. The van der Waals surface area contributed by atoms with E-state index in [1.54, 1.807) is 6.92 Å². The van der Waals surface area contributed by atoms with Crippen molar-refractivity contribution < 1.29 is 9.18 Å². The van der Waals surface area contributed by atoms with Crippen molar-refractivity contribution in [3.63, 3.8) is 0 Å². The van der Waals surface area contributed by atoms with Gasteiger partial charge < -0.3 is 9.80 Å². The van der Waals surface area contributed by atoms with Gasteiger partial charge in [-0.15, -0.1) is 0 Å². The molecule has 0 aliphatic carbocycles. The quantitative estimate of drug-likeness (QED) is 0.759. The summed E-state index contributed by atoms with van der Waals surface area (Å²) in [5.74, 6) is -0.241. The molecule has 2 atom stereocenters. The summed E-state index contributed by atoms with van der Waals surface area (Å²) in [6.07, 6.45) is 2.96. The van der Waals surface area contributed by atoms with Gasteiger partial charge in [0.15, 0.2) is 11.5 Å². The van der Waals surface area contributed by atoms with Gasteiger partial charge in [-0.25, -0.2) is 14.4 Å². The van der Waals surface area contributed by atoms with E-state index in [-0.39, 0.29) is 11.7 Å². The second kappa shape index (κ2) is 6.01. The summed E-state index contributed by atoms with van der Waals surface area (Å²) in [6, 6.07) is 1.76. The minimum absolute atomic E-state index is 0.221. The molecule has 1 saturated heterocycles. The Morgan fingerprint density at radius 1 is 1.55 bits per heavy atom. The van der Waals surface area contributed by atoms with Gasteiger partial charge in [-0.3, -0.25) is 4.79 Å². The van der Waals surface area contributed by atoms with Crippen LogP contribution < -0.4 is 4.90 Å². The van der Waals surface area contributed by atoms with E-state index in [0.29, 0.717) is 25.5 Å². The van der Waals surface area contributed by atoms with Gasteiger partial charge in [-0.05, 0) is 6.92 Å². The highest BCUT2D eigenvalue weighted by atomic mass is 35.5. The van der Waals surface area contributed by atoms with Crippen molar-refractivity contribution in [2.75, 3.05) is 24.5 Å². The van der Waals surface area contributed by atoms with Crippen molar-refractivity contribution in [2.45, 2.75) is 18.6 Å². The van der Waals surface area contributed by atoms with Gasteiger partial charge in [0.2, 0.25) is 0 Å². The third-order valence-corrected chi connectivity index (χ3v) is 3.37. The van der Waals surface area contributed by atoms with E-state index < -0.39 is 11.5 Å². The van der Waals surface area contributed by atoms with Gasteiger partial charge >= 0.3 is 0 Å². The number of halogens is 2. The molecule has 2 rings (SSSR count).